The molecule has 0 heterocycles. The predicted molar refractivity (Wildman–Crippen MR) is 123 cm³/mol. The van der Waals surface area contributed by atoms with Gasteiger partial charge in [0.15, 0.2) is 6.61 Å². The minimum Gasteiger partial charge on any atom is -0.484 e. The minimum atomic E-state index is -3.85. The van der Waals surface area contributed by atoms with Gasteiger partial charge >= 0.3 is 0 Å². The molecule has 3 aromatic carbocycles. The minimum absolute atomic E-state index is 0.0131. The van der Waals surface area contributed by atoms with Gasteiger partial charge in [0.05, 0.1) is 10.6 Å². The molecule has 0 saturated heterocycles. The van der Waals surface area contributed by atoms with Crippen molar-refractivity contribution in [1.29, 1.82) is 0 Å². The maximum atomic E-state index is 12.5. The van der Waals surface area contributed by atoms with Crippen molar-refractivity contribution in [2.75, 3.05) is 11.3 Å². The second-order valence-electron chi connectivity index (χ2n) is 6.39. The quantitative estimate of drug-likeness (QED) is 0.449. The summed E-state index contributed by atoms with van der Waals surface area (Å²) in [4.78, 5) is 12.0. The topological polar surface area (TPSA) is 84.5 Å². The number of rotatable bonds is 8. The summed E-state index contributed by atoms with van der Waals surface area (Å²) in [5.74, 6) is 0.00811. The van der Waals surface area contributed by atoms with E-state index in [0.29, 0.717) is 20.8 Å². The van der Waals surface area contributed by atoms with Crippen molar-refractivity contribution < 1.29 is 17.9 Å². The maximum Gasteiger partial charge on any atom is 0.261 e. The summed E-state index contributed by atoms with van der Waals surface area (Å²) in [6, 6.07) is 17.2. The number of carbonyl (C=O) groups excluding carboxylic acids is 1. The first-order valence-corrected chi connectivity index (χ1v) is 11.6. The Balaban J connectivity index is 1.55. The maximum absolute atomic E-state index is 12.5. The lowest BCUT2D eigenvalue weighted by molar-refractivity contribution is -0.123. The lowest BCUT2D eigenvalue weighted by Gasteiger charge is -2.11. The van der Waals surface area contributed by atoms with E-state index in [4.69, 9.17) is 39.5 Å². The fraction of sp³-hybridized carbons (Fsp3) is 0.0952. The van der Waals surface area contributed by atoms with Crippen LogP contribution in [0.5, 0.6) is 5.75 Å². The zero-order valence-corrected chi connectivity index (χ0v) is 19.0. The van der Waals surface area contributed by atoms with E-state index in [9.17, 15) is 13.2 Å². The summed E-state index contributed by atoms with van der Waals surface area (Å²) >= 11 is 17.8. The lowest BCUT2D eigenvalue weighted by atomic mass is 10.2. The molecule has 0 unspecified atom stereocenters. The Morgan fingerprint density at radius 3 is 2.19 bits per heavy atom. The summed E-state index contributed by atoms with van der Waals surface area (Å²) in [6.07, 6.45) is 0. The molecular weight excluding hydrogens is 483 g/mol. The van der Waals surface area contributed by atoms with Crippen molar-refractivity contribution in [3.05, 3.63) is 87.4 Å². The molecule has 0 atom stereocenters. The van der Waals surface area contributed by atoms with Gasteiger partial charge in [-0.2, -0.15) is 0 Å². The van der Waals surface area contributed by atoms with E-state index in [-0.39, 0.29) is 29.6 Å². The van der Waals surface area contributed by atoms with Gasteiger partial charge in [-0.05, 0) is 54.1 Å². The number of halogens is 3. The molecule has 0 spiro atoms. The van der Waals surface area contributed by atoms with Crippen LogP contribution in [-0.4, -0.2) is 20.9 Å². The van der Waals surface area contributed by atoms with Crippen LogP contribution in [0.4, 0.5) is 5.69 Å². The Morgan fingerprint density at radius 2 is 1.55 bits per heavy atom. The highest BCUT2D eigenvalue weighted by Crippen LogP contribution is 2.25. The van der Waals surface area contributed by atoms with Crippen molar-refractivity contribution in [2.24, 2.45) is 0 Å². The molecule has 0 fully saturated rings. The van der Waals surface area contributed by atoms with Gasteiger partial charge in [-0.1, -0.05) is 53.0 Å². The molecule has 0 aliphatic carbocycles. The van der Waals surface area contributed by atoms with E-state index in [2.05, 4.69) is 10.0 Å². The number of hydrogen-bond acceptors (Lipinski definition) is 4. The molecule has 162 valence electrons. The largest absolute Gasteiger partial charge is 0.484 e. The highest BCUT2D eigenvalue weighted by molar-refractivity contribution is 7.92. The number of benzene rings is 3. The van der Waals surface area contributed by atoms with Gasteiger partial charge in [0, 0.05) is 21.6 Å². The summed E-state index contributed by atoms with van der Waals surface area (Å²) in [6.45, 7) is 0.0497. The third-order valence-electron chi connectivity index (χ3n) is 4.05. The number of amides is 1. The molecule has 6 nitrogen and oxygen atoms in total. The summed E-state index contributed by atoms with van der Waals surface area (Å²) in [7, 11) is -3.85. The Labute approximate surface area is 195 Å². The van der Waals surface area contributed by atoms with Crippen molar-refractivity contribution in [1.82, 2.24) is 5.32 Å². The summed E-state index contributed by atoms with van der Waals surface area (Å²) in [5.41, 5.74) is 1.04. The molecule has 3 rings (SSSR count). The Bertz CT molecular complexity index is 1170. The Hall–Kier alpha value is -2.45. The van der Waals surface area contributed by atoms with Gasteiger partial charge in [0.1, 0.15) is 5.75 Å². The molecule has 0 aliphatic heterocycles. The molecule has 0 bridgehead atoms. The SMILES string of the molecule is O=C(COc1ccc(S(=O)(=O)Nc2cc(Cl)cc(Cl)c2)cc1)NCc1ccccc1Cl. The first kappa shape index (κ1) is 23.2. The molecule has 10 heteroatoms. The number of anilines is 1. The third kappa shape index (κ3) is 6.77. The van der Waals surface area contributed by atoms with Crippen LogP contribution in [0, 0.1) is 0 Å². The second kappa shape index (κ2) is 10.2. The van der Waals surface area contributed by atoms with Crippen LogP contribution in [0.2, 0.25) is 15.1 Å². The molecular formula is C21H17Cl3N2O4S. The smallest absolute Gasteiger partial charge is 0.261 e. The van der Waals surface area contributed by atoms with Gasteiger partial charge in [-0.3, -0.25) is 9.52 Å². The fourth-order valence-corrected chi connectivity index (χ4v) is 4.35. The average Bonchev–Trinajstić information content (AvgIpc) is 2.71. The molecule has 3 aromatic rings. The Kier molecular flexibility index (Phi) is 7.67. The van der Waals surface area contributed by atoms with Gasteiger partial charge in [-0.25, -0.2) is 8.42 Å². The monoisotopic (exact) mass is 498 g/mol. The molecule has 1 amide bonds. The van der Waals surface area contributed by atoms with Crippen molar-refractivity contribution in [3.63, 3.8) is 0 Å². The predicted octanol–water partition coefficient (Wildman–Crippen LogP) is 5.14. The zero-order valence-electron chi connectivity index (χ0n) is 15.9. The van der Waals surface area contributed by atoms with Gasteiger partial charge < -0.3 is 10.1 Å². The first-order chi connectivity index (χ1) is 14.7. The molecule has 2 N–H and O–H groups in total. The number of ether oxygens (including phenoxy) is 1. The summed E-state index contributed by atoms with van der Waals surface area (Å²) in [5, 5.41) is 3.88. The first-order valence-electron chi connectivity index (χ1n) is 8.95. The standard InChI is InChI=1S/C21H17Cl3N2O4S/c22-15-9-16(23)11-17(10-15)26-31(28,29)19-7-5-18(6-8-19)30-13-21(27)25-12-14-3-1-2-4-20(14)24/h1-11,26H,12-13H2,(H,25,27). The van der Waals surface area contributed by atoms with E-state index in [1.54, 1.807) is 12.1 Å². The molecule has 0 aromatic heterocycles. The normalized spacial score (nSPS) is 11.1. The number of nitrogens with one attached hydrogen (secondary N) is 2. The van der Waals surface area contributed by atoms with Crippen LogP contribution < -0.4 is 14.8 Å². The van der Waals surface area contributed by atoms with Crippen LogP contribution in [0.15, 0.2) is 71.6 Å². The zero-order chi connectivity index (χ0) is 22.4. The van der Waals surface area contributed by atoms with Crippen molar-refractivity contribution in [3.8, 4) is 5.75 Å². The highest BCUT2D eigenvalue weighted by atomic mass is 35.5. The number of sulfonamides is 1. The molecule has 31 heavy (non-hydrogen) atoms. The van der Waals surface area contributed by atoms with E-state index < -0.39 is 10.0 Å². The second-order valence-corrected chi connectivity index (χ2v) is 9.35. The van der Waals surface area contributed by atoms with E-state index in [1.807, 2.05) is 12.1 Å². The summed E-state index contributed by atoms with van der Waals surface area (Å²) < 4.78 is 32.9. The van der Waals surface area contributed by atoms with Crippen LogP contribution in [0.3, 0.4) is 0 Å². The van der Waals surface area contributed by atoms with Crippen molar-refractivity contribution in [2.45, 2.75) is 11.4 Å². The van der Waals surface area contributed by atoms with E-state index in [1.165, 1.54) is 42.5 Å². The number of carbonyl (C=O) groups is 1. The van der Waals surface area contributed by atoms with Crippen molar-refractivity contribution >= 4 is 56.4 Å². The highest BCUT2D eigenvalue weighted by Gasteiger charge is 2.15. The molecule has 0 aliphatic rings. The van der Waals surface area contributed by atoms with E-state index >= 15 is 0 Å². The van der Waals surface area contributed by atoms with Crippen LogP contribution >= 0.6 is 34.8 Å². The average molecular weight is 500 g/mol. The van der Waals surface area contributed by atoms with Crippen LogP contribution in [0.25, 0.3) is 0 Å². The fourth-order valence-electron chi connectivity index (χ4n) is 2.58. The van der Waals surface area contributed by atoms with Gasteiger partial charge in [0.25, 0.3) is 15.9 Å². The van der Waals surface area contributed by atoms with Crippen LogP contribution in [0.1, 0.15) is 5.56 Å². The lowest BCUT2D eigenvalue weighted by Crippen LogP contribution is -2.28. The third-order valence-corrected chi connectivity index (χ3v) is 6.25. The van der Waals surface area contributed by atoms with E-state index in [0.717, 1.165) is 5.56 Å². The number of hydrogen-bond donors (Lipinski definition) is 2. The molecule has 0 radical (unpaired) electrons. The van der Waals surface area contributed by atoms with Gasteiger partial charge in [-0.15, -0.1) is 0 Å². The molecule has 0 saturated carbocycles. The van der Waals surface area contributed by atoms with Crippen LogP contribution in [-0.2, 0) is 21.4 Å². The van der Waals surface area contributed by atoms with Gasteiger partial charge in [0.2, 0.25) is 0 Å². The Morgan fingerprint density at radius 1 is 0.903 bits per heavy atom.